The molecular formula is C29H31NO6. The van der Waals surface area contributed by atoms with E-state index in [0.717, 1.165) is 18.4 Å². The SMILES string of the molecule is C=C(C)C(=O)Nc1ccc(Oc2ccc(OC(=O)c3ccc(OCCCCOC)cc3)cc2C)cc1. The maximum Gasteiger partial charge on any atom is 0.343 e. The summed E-state index contributed by atoms with van der Waals surface area (Å²) in [7, 11) is 1.68. The van der Waals surface area contributed by atoms with Gasteiger partial charge in [0.15, 0.2) is 0 Å². The van der Waals surface area contributed by atoms with Crippen LogP contribution in [-0.2, 0) is 9.53 Å². The van der Waals surface area contributed by atoms with Crippen LogP contribution in [0.3, 0.4) is 0 Å². The number of hydrogen-bond acceptors (Lipinski definition) is 6. The summed E-state index contributed by atoms with van der Waals surface area (Å²) >= 11 is 0. The standard InChI is InChI=1S/C29H31NO6/c1-20(2)28(31)30-23-9-13-25(14-10-23)35-27-16-15-26(19-21(27)3)36-29(32)22-7-11-24(12-8-22)34-18-6-5-17-33-4/h7-16,19H,1,5-6,17-18H2,2-4H3,(H,30,31). The van der Waals surface area contributed by atoms with Crippen molar-refractivity contribution in [2.45, 2.75) is 26.7 Å². The molecule has 0 bridgehead atoms. The Bertz CT molecular complexity index is 1190. The van der Waals surface area contributed by atoms with Gasteiger partial charge in [0.1, 0.15) is 23.0 Å². The fraction of sp³-hybridized carbons (Fsp3) is 0.241. The number of hydrogen-bond donors (Lipinski definition) is 1. The first-order valence-electron chi connectivity index (χ1n) is 11.6. The Hall–Kier alpha value is -4.10. The Morgan fingerprint density at radius 2 is 1.50 bits per heavy atom. The molecule has 0 saturated carbocycles. The van der Waals surface area contributed by atoms with Gasteiger partial charge in [0, 0.05) is 25.0 Å². The lowest BCUT2D eigenvalue weighted by atomic mass is 10.2. The van der Waals surface area contributed by atoms with Gasteiger partial charge >= 0.3 is 5.97 Å². The Morgan fingerprint density at radius 1 is 0.861 bits per heavy atom. The number of unbranched alkanes of at least 4 members (excludes halogenated alkanes) is 1. The number of anilines is 1. The molecule has 0 aliphatic heterocycles. The summed E-state index contributed by atoms with van der Waals surface area (Å²) in [5.74, 6) is 1.66. The summed E-state index contributed by atoms with van der Waals surface area (Å²) in [6.45, 7) is 8.44. The number of methoxy groups -OCH3 is 1. The van der Waals surface area contributed by atoms with Crippen molar-refractivity contribution < 1.29 is 28.5 Å². The Morgan fingerprint density at radius 3 is 2.14 bits per heavy atom. The van der Waals surface area contributed by atoms with Gasteiger partial charge in [-0.25, -0.2) is 4.79 Å². The lowest BCUT2D eigenvalue weighted by molar-refractivity contribution is -0.112. The fourth-order valence-electron chi connectivity index (χ4n) is 3.16. The van der Waals surface area contributed by atoms with Gasteiger partial charge in [0.25, 0.3) is 5.91 Å². The third-order valence-corrected chi connectivity index (χ3v) is 5.19. The van der Waals surface area contributed by atoms with Crippen LogP contribution >= 0.6 is 0 Å². The highest BCUT2D eigenvalue weighted by Crippen LogP contribution is 2.29. The lowest BCUT2D eigenvalue weighted by Gasteiger charge is -2.12. The third-order valence-electron chi connectivity index (χ3n) is 5.19. The number of aryl methyl sites for hydroxylation is 1. The summed E-state index contributed by atoms with van der Waals surface area (Å²) < 4.78 is 22.2. The van der Waals surface area contributed by atoms with Gasteiger partial charge in [0.2, 0.25) is 0 Å². The minimum atomic E-state index is -0.456. The summed E-state index contributed by atoms with van der Waals surface area (Å²) in [6.07, 6.45) is 1.83. The van der Waals surface area contributed by atoms with E-state index in [0.29, 0.717) is 53.0 Å². The summed E-state index contributed by atoms with van der Waals surface area (Å²) in [5, 5.41) is 2.75. The number of benzene rings is 3. The molecule has 0 radical (unpaired) electrons. The van der Waals surface area contributed by atoms with Crippen molar-refractivity contribution in [3.63, 3.8) is 0 Å². The van der Waals surface area contributed by atoms with Crippen LogP contribution in [0.15, 0.2) is 78.9 Å². The molecule has 0 spiro atoms. The Balaban J connectivity index is 1.54. The van der Waals surface area contributed by atoms with E-state index in [4.69, 9.17) is 18.9 Å². The molecule has 0 unspecified atom stereocenters. The second-order valence-electron chi connectivity index (χ2n) is 8.25. The predicted molar refractivity (Wildman–Crippen MR) is 139 cm³/mol. The van der Waals surface area contributed by atoms with Crippen LogP contribution in [0, 0.1) is 6.92 Å². The molecule has 3 rings (SSSR count). The van der Waals surface area contributed by atoms with Gasteiger partial charge in [-0.15, -0.1) is 0 Å². The van der Waals surface area contributed by atoms with Crippen molar-refractivity contribution in [3.05, 3.63) is 90.0 Å². The molecule has 188 valence electrons. The Kier molecular flexibility index (Phi) is 9.65. The van der Waals surface area contributed by atoms with E-state index in [1.165, 1.54) is 0 Å². The molecule has 7 heteroatoms. The first kappa shape index (κ1) is 26.5. The second-order valence-corrected chi connectivity index (χ2v) is 8.25. The summed E-state index contributed by atoms with van der Waals surface area (Å²) in [5.41, 5.74) is 2.31. The number of rotatable bonds is 12. The van der Waals surface area contributed by atoms with Crippen LogP contribution < -0.4 is 19.5 Å². The molecule has 0 atom stereocenters. The van der Waals surface area contributed by atoms with Crippen LogP contribution in [0.5, 0.6) is 23.0 Å². The highest BCUT2D eigenvalue weighted by atomic mass is 16.5. The minimum absolute atomic E-state index is 0.234. The smallest absolute Gasteiger partial charge is 0.343 e. The van der Waals surface area contributed by atoms with Gasteiger partial charge < -0.3 is 24.3 Å². The zero-order chi connectivity index (χ0) is 25.9. The fourth-order valence-corrected chi connectivity index (χ4v) is 3.16. The van der Waals surface area contributed by atoms with Gasteiger partial charge in [-0.05, 0) is 99.0 Å². The quantitative estimate of drug-likeness (QED) is 0.139. The minimum Gasteiger partial charge on any atom is -0.494 e. The third kappa shape index (κ3) is 7.99. The van der Waals surface area contributed by atoms with E-state index in [9.17, 15) is 9.59 Å². The molecular weight excluding hydrogens is 458 g/mol. The number of amides is 1. The topological polar surface area (TPSA) is 83.1 Å². The van der Waals surface area contributed by atoms with Crippen molar-refractivity contribution in [1.29, 1.82) is 0 Å². The van der Waals surface area contributed by atoms with Crippen molar-refractivity contribution in [1.82, 2.24) is 0 Å². The lowest BCUT2D eigenvalue weighted by Crippen LogP contribution is -2.11. The van der Waals surface area contributed by atoms with E-state index in [2.05, 4.69) is 11.9 Å². The molecule has 0 aliphatic rings. The average molecular weight is 490 g/mol. The van der Waals surface area contributed by atoms with Gasteiger partial charge in [-0.2, -0.15) is 0 Å². The second kappa shape index (κ2) is 13.1. The molecule has 0 saturated heterocycles. The van der Waals surface area contributed by atoms with E-state index in [1.807, 2.05) is 6.92 Å². The largest absolute Gasteiger partial charge is 0.494 e. The monoisotopic (exact) mass is 489 g/mol. The molecule has 0 fully saturated rings. The van der Waals surface area contributed by atoms with Crippen LogP contribution in [0.25, 0.3) is 0 Å². The van der Waals surface area contributed by atoms with E-state index in [-0.39, 0.29) is 5.91 Å². The maximum absolute atomic E-state index is 12.6. The highest BCUT2D eigenvalue weighted by molar-refractivity contribution is 6.02. The maximum atomic E-state index is 12.6. The molecule has 0 aliphatic carbocycles. The molecule has 0 aromatic heterocycles. The summed E-state index contributed by atoms with van der Waals surface area (Å²) in [4.78, 5) is 24.3. The first-order valence-corrected chi connectivity index (χ1v) is 11.6. The van der Waals surface area contributed by atoms with Crippen molar-refractivity contribution >= 4 is 17.6 Å². The highest BCUT2D eigenvalue weighted by Gasteiger charge is 2.11. The molecule has 3 aromatic rings. The molecule has 0 heterocycles. The van der Waals surface area contributed by atoms with Crippen LogP contribution in [0.1, 0.15) is 35.7 Å². The van der Waals surface area contributed by atoms with Crippen LogP contribution in [-0.4, -0.2) is 32.2 Å². The zero-order valence-electron chi connectivity index (χ0n) is 20.8. The Labute approximate surface area is 211 Å². The van der Waals surface area contributed by atoms with E-state index >= 15 is 0 Å². The molecule has 7 nitrogen and oxygen atoms in total. The predicted octanol–water partition coefficient (Wildman–Crippen LogP) is 6.33. The summed E-state index contributed by atoms with van der Waals surface area (Å²) in [6, 6.07) is 19.1. The van der Waals surface area contributed by atoms with Crippen LogP contribution in [0.4, 0.5) is 5.69 Å². The number of nitrogens with one attached hydrogen (secondary N) is 1. The molecule has 3 aromatic carbocycles. The van der Waals surface area contributed by atoms with Gasteiger partial charge in [0.05, 0.1) is 12.2 Å². The average Bonchev–Trinajstić information content (AvgIpc) is 2.87. The first-order chi connectivity index (χ1) is 17.4. The zero-order valence-corrected chi connectivity index (χ0v) is 20.8. The van der Waals surface area contributed by atoms with Crippen molar-refractivity contribution in [2.75, 3.05) is 25.6 Å². The number of carbonyl (C=O) groups excluding carboxylic acids is 2. The van der Waals surface area contributed by atoms with E-state index < -0.39 is 5.97 Å². The van der Waals surface area contributed by atoms with Gasteiger partial charge in [-0.1, -0.05) is 6.58 Å². The van der Waals surface area contributed by atoms with Crippen LogP contribution in [0.2, 0.25) is 0 Å². The number of carbonyl (C=O) groups is 2. The molecule has 1 N–H and O–H groups in total. The number of ether oxygens (including phenoxy) is 4. The normalized spacial score (nSPS) is 10.4. The van der Waals surface area contributed by atoms with Crippen molar-refractivity contribution in [3.8, 4) is 23.0 Å². The van der Waals surface area contributed by atoms with Gasteiger partial charge in [-0.3, -0.25) is 4.79 Å². The number of esters is 1. The van der Waals surface area contributed by atoms with Crippen molar-refractivity contribution in [2.24, 2.45) is 0 Å². The molecule has 1 amide bonds. The molecule has 36 heavy (non-hydrogen) atoms. The van der Waals surface area contributed by atoms with E-state index in [1.54, 1.807) is 80.8 Å².